The number of hydrogen-bond donors (Lipinski definition) is 0. The van der Waals surface area contributed by atoms with Gasteiger partial charge in [-0.05, 0) is 36.6 Å². The molecule has 4 heterocycles. The van der Waals surface area contributed by atoms with Crippen LogP contribution in [0.2, 0.25) is 0 Å². The number of benzene rings is 2. The summed E-state index contributed by atoms with van der Waals surface area (Å²) < 4.78 is 5.86. The predicted molar refractivity (Wildman–Crippen MR) is 136 cm³/mol. The number of amides is 1. The highest BCUT2D eigenvalue weighted by Gasteiger charge is 2.57. The van der Waals surface area contributed by atoms with E-state index in [4.69, 9.17) is 9.72 Å². The summed E-state index contributed by atoms with van der Waals surface area (Å²) in [5.41, 5.74) is 4.35. The minimum atomic E-state index is -0.708. The van der Waals surface area contributed by atoms with Crippen LogP contribution in [0, 0.1) is 0 Å². The lowest BCUT2D eigenvalue weighted by molar-refractivity contribution is -0.134. The standard InChI is InChI=1S/C29H23N3O3S/c33-26-22-5-1-2-6-23(22)29(35-26)13-15-32(18-29)27(34)28(11-12-28)21-9-7-19(8-10-21)24-17-36-25(31-24)20-4-3-14-30-16-20/h1-10,14,16-17H,11-13,15,18H2. The number of ether oxygens (including phenoxy) is 1. The molecule has 6 nitrogen and oxygen atoms in total. The molecule has 7 rings (SSSR count). The van der Waals surface area contributed by atoms with E-state index in [1.165, 1.54) is 0 Å². The molecule has 2 aliphatic heterocycles. The van der Waals surface area contributed by atoms with Crippen molar-refractivity contribution in [3.05, 3.63) is 95.1 Å². The number of pyridine rings is 1. The Morgan fingerprint density at radius 2 is 1.81 bits per heavy atom. The minimum Gasteiger partial charge on any atom is -0.449 e. The molecule has 0 bridgehead atoms. The number of rotatable bonds is 4. The summed E-state index contributed by atoms with van der Waals surface area (Å²) in [6.45, 7) is 1.01. The third-order valence-electron chi connectivity index (χ3n) is 7.75. The third kappa shape index (κ3) is 3.23. The quantitative estimate of drug-likeness (QED) is 0.365. The molecule has 36 heavy (non-hydrogen) atoms. The summed E-state index contributed by atoms with van der Waals surface area (Å²) in [7, 11) is 0. The van der Waals surface area contributed by atoms with Gasteiger partial charge in [0.25, 0.3) is 0 Å². The van der Waals surface area contributed by atoms with Gasteiger partial charge in [0.2, 0.25) is 5.91 Å². The molecule has 2 aromatic carbocycles. The van der Waals surface area contributed by atoms with Crippen LogP contribution >= 0.6 is 11.3 Å². The molecule has 7 heteroatoms. The summed E-state index contributed by atoms with van der Waals surface area (Å²) >= 11 is 1.60. The number of carbonyl (C=O) groups excluding carboxylic acids is 2. The fourth-order valence-corrected chi connectivity index (χ4v) is 6.47. The lowest BCUT2D eigenvalue weighted by Crippen LogP contribution is -2.40. The zero-order valence-corrected chi connectivity index (χ0v) is 20.3. The molecule has 1 saturated heterocycles. The Hall–Kier alpha value is -3.84. The molecular formula is C29H23N3O3S. The van der Waals surface area contributed by atoms with Crippen molar-refractivity contribution in [2.75, 3.05) is 13.1 Å². The summed E-state index contributed by atoms with van der Waals surface area (Å²) in [6, 6.07) is 19.7. The fourth-order valence-electron chi connectivity index (χ4n) is 5.65. The highest BCUT2D eigenvalue weighted by molar-refractivity contribution is 7.13. The molecule has 1 saturated carbocycles. The zero-order valence-electron chi connectivity index (χ0n) is 19.5. The maximum Gasteiger partial charge on any atom is 0.339 e. The molecule has 4 aromatic rings. The van der Waals surface area contributed by atoms with Gasteiger partial charge >= 0.3 is 5.97 Å². The highest BCUT2D eigenvalue weighted by Crippen LogP contribution is 2.52. The van der Waals surface area contributed by atoms with Crippen molar-refractivity contribution in [2.24, 2.45) is 0 Å². The zero-order chi connectivity index (χ0) is 24.3. The first kappa shape index (κ1) is 21.4. The average Bonchev–Trinajstić information content (AvgIpc) is 3.27. The summed E-state index contributed by atoms with van der Waals surface area (Å²) in [6.07, 6.45) is 5.90. The number of aromatic nitrogens is 2. The number of esters is 1. The summed E-state index contributed by atoms with van der Waals surface area (Å²) in [5.74, 6) is -0.148. The van der Waals surface area contributed by atoms with Crippen molar-refractivity contribution in [1.82, 2.24) is 14.9 Å². The molecule has 178 valence electrons. The second-order valence-corrected chi connectivity index (χ2v) is 10.7. The number of nitrogens with zero attached hydrogens (tertiary/aromatic N) is 3. The van der Waals surface area contributed by atoms with Crippen LogP contribution in [0.4, 0.5) is 0 Å². The number of fused-ring (bicyclic) bond motifs is 2. The van der Waals surface area contributed by atoms with Gasteiger partial charge in [0.15, 0.2) is 5.60 Å². The fraction of sp³-hybridized carbons (Fsp3) is 0.241. The van der Waals surface area contributed by atoms with Crippen molar-refractivity contribution in [3.8, 4) is 21.8 Å². The molecule has 0 radical (unpaired) electrons. The summed E-state index contributed by atoms with van der Waals surface area (Å²) in [4.78, 5) is 37.0. The highest BCUT2D eigenvalue weighted by atomic mass is 32.1. The van der Waals surface area contributed by atoms with Crippen LogP contribution < -0.4 is 0 Å². The van der Waals surface area contributed by atoms with Crippen molar-refractivity contribution >= 4 is 23.2 Å². The van der Waals surface area contributed by atoms with Crippen LogP contribution in [0.5, 0.6) is 0 Å². The molecule has 1 amide bonds. The van der Waals surface area contributed by atoms with Gasteiger partial charge in [-0.25, -0.2) is 9.78 Å². The average molecular weight is 494 g/mol. The first-order valence-corrected chi connectivity index (χ1v) is 13.1. The van der Waals surface area contributed by atoms with Gasteiger partial charge < -0.3 is 9.64 Å². The van der Waals surface area contributed by atoms with Crippen molar-refractivity contribution < 1.29 is 14.3 Å². The van der Waals surface area contributed by atoms with Crippen molar-refractivity contribution in [3.63, 3.8) is 0 Å². The molecule has 1 spiro atoms. The number of carbonyl (C=O) groups is 2. The Bertz CT molecular complexity index is 1490. The first-order chi connectivity index (χ1) is 17.6. The third-order valence-corrected chi connectivity index (χ3v) is 8.64. The van der Waals surface area contributed by atoms with E-state index in [1.54, 1.807) is 17.5 Å². The van der Waals surface area contributed by atoms with Crippen LogP contribution in [-0.4, -0.2) is 39.8 Å². The Morgan fingerprint density at radius 1 is 0.972 bits per heavy atom. The van der Waals surface area contributed by atoms with Gasteiger partial charge in [-0.3, -0.25) is 9.78 Å². The Morgan fingerprint density at radius 3 is 2.58 bits per heavy atom. The number of likely N-dealkylation sites (tertiary alicyclic amines) is 1. The number of thiazole rings is 1. The van der Waals surface area contributed by atoms with Gasteiger partial charge in [0.1, 0.15) is 5.01 Å². The Labute approximate surface area is 212 Å². The van der Waals surface area contributed by atoms with Crippen molar-refractivity contribution in [1.29, 1.82) is 0 Å². The second kappa shape index (κ2) is 7.83. The molecule has 3 aliphatic rings. The maximum atomic E-state index is 13.7. The SMILES string of the molecule is O=C1OC2(CCN(C(=O)C3(c4ccc(-c5csc(-c6cccnc6)n5)cc4)CC3)C2)c2ccccc21. The van der Waals surface area contributed by atoms with Crippen LogP contribution in [0.25, 0.3) is 21.8 Å². The van der Waals surface area contributed by atoms with Gasteiger partial charge in [-0.15, -0.1) is 11.3 Å². The van der Waals surface area contributed by atoms with E-state index < -0.39 is 11.0 Å². The normalized spacial score (nSPS) is 21.4. The molecule has 2 aromatic heterocycles. The molecule has 1 unspecified atom stereocenters. The maximum absolute atomic E-state index is 13.7. The van der Waals surface area contributed by atoms with Crippen LogP contribution in [0.3, 0.4) is 0 Å². The molecular weight excluding hydrogens is 470 g/mol. The van der Waals surface area contributed by atoms with Gasteiger partial charge in [-0.1, -0.05) is 42.5 Å². The molecule has 1 atom stereocenters. The van der Waals surface area contributed by atoms with Crippen LogP contribution in [-0.2, 0) is 20.5 Å². The van der Waals surface area contributed by atoms with Crippen LogP contribution in [0.15, 0.2) is 78.4 Å². The van der Waals surface area contributed by atoms with Gasteiger partial charge in [0, 0.05) is 47.4 Å². The lowest BCUT2D eigenvalue weighted by Gasteiger charge is -2.27. The van der Waals surface area contributed by atoms with E-state index >= 15 is 0 Å². The Kier molecular flexibility index (Phi) is 4.66. The van der Waals surface area contributed by atoms with Crippen molar-refractivity contribution in [2.45, 2.75) is 30.3 Å². The van der Waals surface area contributed by atoms with Gasteiger partial charge in [0.05, 0.1) is 23.2 Å². The monoisotopic (exact) mass is 493 g/mol. The van der Waals surface area contributed by atoms with E-state index in [0.29, 0.717) is 25.1 Å². The topological polar surface area (TPSA) is 72.4 Å². The van der Waals surface area contributed by atoms with E-state index in [0.717, 1.165) is 45.8 Å². The molecule has 2 fully saturated rings. The smallest absolute Gasteiger partial charge is 0.339 e. The lowest BCUT2D eigenvalue weighted by atomic mass is 9.91. The van der Waals surface area contributed by atoms with Gasteiger partial charge in [-0.2, -0.15) is 0 Å². The number of hydrogen-bond acceptors (Lipinski definition) is 6. The molecule has 1 aliphatic carbocycles. The Balaban J connectivity index is 1.11. The predicted octanol–water partition coefficient (Wildman–Crippen LogP) is 5.20. The first-order valence-electron chi connectivity index (χ1n) is 12.2. The van der Waals surface area contributed by atoms with E-state index in [-0.39, 0.29) is 11.9 Å². The minimum absolute atomic E-state index is 0.139. The largest absolute Gasteiger partial charge is 0.449 e. The summed E-state index contributed by atoms with van der Waals surface area (Å²) in [5, 5.41) is 2.99. The van der Waals surface area contributed by atoms with E-state index in [1.807, 2.05) is 47.5 Å². The molecule has 0 N–H and O–H groups in total. The van der Waals surface area contributed by atoms with E-state index in [2.05, 4.69) is 34.6 Å². The second-order valence-electron chi connectivity index (χ2n) is 9.85. The van der Waals surface area contributed by atoms with Crippen LogP contribution in [0.1, 0.15) is 40.7 Å². The van der Waals surface area contributed by atoms with E-state index in [9.17, 15) is 9.59 Å².